The maximum absolute atomic E-state index is 12.8. The van der Waals surface area contributed by atoms with Crippen LogP contribution < -0.4 is 10.1 Å². The largest absolute Gasteiger partial charge is 0.487 e. The molecule has 1 heterocycles. The van der Waals surface area contributed by atoms with Crippen molar-refractivity contribution >= 4 is 11.3 Å². The van der Waals surface area contributed by atoms with Gasteiger partial charge >= 0.3 is 6.18 Å². The first kappa shape index (κ1) is 14.9. The van der Waals surface area contributed by atoms with E-state index in [1.165, 1.54) is 29.5 Å². The van der Waals surface area contributed by atoms with Crippen LogP contribution in [0.3, 0.4) is 0 Å². The highest BCUT2D eigenvalue weighted by Gasteiger charge is 2.33. The van der Waals surface area contributed by atoms with Gasteiger partial charge in [-0.15, -0.1) is 11.3 Å². The third-order valence-corrected chi connectivity index (χ3v) is 3.69. The van der Waals surface area contributed by atoms with Crippen molar-refractivity contribution in [2.45, 2.75) is 19.3 Å². The second-order valence-corrected chi connectivity index (χ2v) is 5.43. The van der Waals surface area contributed by atoms with Crippen molar-refractivity contribution in [2.75, 3.05) is 7.05 Å². The van der Waals surface area contributed by atoms with Gasteiger partial charge in [-0.2, -0.15) is 13.2 Å². The van der Waals surface area contributed by atoms with Crippen molar-refractivity contribution < 1.29 is 17.9 Å². The predicted octanol–water partition coefficient (Wildman–Crippen LogP) is 4.07. The number of hydrogen-bond acceptors (Lipinski definition) is 3. The Balaban J connectivity index is 2.07. The Bertz CT molecular complexity index is 566. The van der Waals surface area contributed by atoms with Crippen LogP contribution in [0.4, 0.5) is 13.2 Å². The van der Waals surface area contributed by atoms with Crippen LogP contribution >= 0.6 is 11.3 Å². The monoisotopic (exact) mass is 301 g/mol. The molecule has 108 valence electrons. The highest BCUT2D eigenvalue weighted by Crippen LogP contribution is 2.36. The lowest BCUT2D eigenvalue weighted by Gasteiger charge is -2.13. The number of halogens is 3. The summed E-state index contributed by atoms with van der Waals surface area (Å²) in [5.74, 6) is -0.136. The molecule has 2 nitrogen and oxygen atoms in total. The number of benzene rings is 1. The molecule has 0 aliphatic heterocycles. The maximum atomic E-state index is 12.8. The molecule has 0 radical (unpaired) electrons. The van der Waals surface area contributed by atoms with Crippen LogP contribution in [0.2, 0.25) is 0 Å². The van der Waals surface area contributed by atoms with E-state index in [4.69, 9.17) is 4.74 Å². The minimum absolute atomic E-state index is 0.136. The zero-order valence-corrected chi connectivity index (χ0v) is 11.6. The molecule has 0 saturated carbocycles. The van der Waals surface area contributed by atoms with Crippen molar-refractivity contribution in [2.24, 2.45) is 0 Å². The standard InChI is InChI=1S/C14H14F3NOS/c1-18-8-10-6-7-11(20-10)9-19-13-5-3-2-4-12(13)14(15,16)17/h2-7,18H,8-9H2,1H3. The summed E-state index contributed by atoms with van der Waals surface area (Å²) in [7, 11) is 1.84. The van der Waals surface area contributed by atoms with Crippen molar-refractivity contribution in [3.63, 3.8) is 0 Å². The number of ether oxygens (including phenoxy) is 1. The van der Waals surface area contributed by atoms with E-state index in [1.807, 2.05) is 19.2 Å². The van der Waals surface area contributed by atoms with Gasteiger partial charge in [0.15, 0.2) is 0 Å². The van der Waals surface area contributed by atoms with Gasteiger partial charge in [0.2, 0.25) is 0 Å². The molecule has 0 aliphatic carbocycles. The van der Waals surface area contributed by atoms with E-state index < -0.39 is 11.7 Å². The minimum atomic E-state index is -4.40. The fourth-order valence-corrected chi connectivity index (χ4v) is 2.69. The summed E-state index contributed by atoms with van der Waals surface area (Å²) >= 11 is 1.52. The number of para-hydroxylation sites is 1. The SMILES string of the molecule is CNCc1ccc(COc2ccccc2C(F)(F)F)s1. The first-order valence-electron chi connectivity index (χ1n) is 6.02. The van der Waals surface area contributed by atoms with Gasteiger partial charge in [0.1, 0.15) is 12.4 Å². The average Bonchev–Trinajstić information content (AvgIpc) is 2.84. The molecule has 0 amide bonds. The number of hydrogen-bond donors (Lipinski definition) is 1. The molecule has 0 atom stereocenters. The first-order valence-corrected chi connectivity index (χ1v) is 6.83. The van der Waals surface area contributed by atoms with Gasteiger partial charge in [-0.1, -0.05) is 12.1 Å². The molecule has 0 fully saturated rings. The summed E-state index contributed by atoms with van der Waals surface area (Å²) in [6.45, 7) is 0.880. The number of nitrogens with one attached hydrogen (secondary N) is 1. The first-order chi connectivity index (χ1) is 9.50. The minimum Gasteiger partial charge on any atom is -0.487 e. The molecular weight excluding hydrogens is 287 g/mol. The van der Waals surface area contributed by atoms with Gasteiger partial charge in [0.05, 0.1) is 5.56 Å². The van der Waals surface area contributed by atoms with Gasteiger partial charge in [-0.3, -0.25) is 0 Å². The lowest BCUT2D eigenvalue weighted by Crippen LogP contribution is -2.08. The Morgan fingerprint density at radius 2 is 1.80 bits per heavy atom. The van der Waals surface area contributed by atoms with E-state index >= 15 is 0 Å². The summed E-state index contributed by atoms with van der Waals surface area (Å²) in [5.41, 5.74) is -0.744. The van der Waals surface area contributed by atoms with Crippen LogP contribution in [0.5, 0.6) is 5.75 Å². The summed E-state index contributed by atoms with van der Waals surface area (Å²) in [6.07, 6.45) is -4.40. The van der Waals surface area contributed by atoms with Crippen LogP contribution in [-0.4, -0.2) is 7.05 Å². The fraction of sp³-hybridized carbons (Fsp3) is 0.286. The predicted molar refractivity (Wildman–Crippen MR) is 72.9 cm³/mol. The van der Waals surface area contributed by atoms with Crippen LogP contribution in [0, 0.1) is 0 Å². The lowest BCUT2D eigenvalue weighted by atomic mass is 10.2. The Morgan fingerprint density at radius 1 is 1.10 bits per heavy atom. The fourth-order valence-electron chi connectivity index (χ4n) is 1.74. The van der Waals surface area contributed by atoms with E-state index in [2.05, 4.69) is 5.32 Å². The second kappa shape index (κ2) is 6.28. The Kier molecular flexibility index (Phi) is 4.67. The number of alkyl halides is 3. The molecular formula is C14H14F3NOS. The molecule has 0 bridgehead atoms. The Hall–Kier alpha value is -1.53. The van der Waals surface area contributed by atoms with Gasteiger partial charge in [0, 0.05) is 16.3 Å². The number of thiophene rings is 1. The maximum Gasteiger partial charge on any atom is 0.419 e. The molecule has 6 heteroatoms. The smallest absolute Gasteiger partial charge is 0.419 e. The van der Waals surface area contributed by atoms with Crippen molar-refractivity contribution in [1.29, 1.82) is 0 Å². The normalized spacial score (nSPS) is 11.6. The van der Waals surface area contributed by atoms with E-state index in [9.17, 15) is 13.2 Å². The van der Waals surface area contributed by atoms with Crippen molar-refractivity contribution in [3.8, 4) is 5.75 Å². The molecule has 2 aromatic rings. The number of rotatable bonds is 5. The van der Waals surface area contributed by atoms with Crippen molar-refractivity contribution in [1.82, 2.24) is 5.32 Å². The third-order valence-electron chi connectivity index (χ3n) is 2.63. The van der Waals surface area contributed by atoms with Crippen molar-refractivity contribution in [3.05, 3.63) is 51.7 Å². The van der Waals surface area contributed by atoms with Gasteiger partial charge < -0.3 is 10.1 Å². The quantitative estimate of drug-likeness (QED) is 0.899. The highest BCUT2D eigenvalue weighted by atomic mass is 32.1. The van der Waals surface area contributed by atoms with E-state index in [-0.39, 0.29) is 12.4 Å². The van der Waals surface area contributed by atoms with E-state index in [0.29, 0.717) is 0 Å². The van der Waals surface area contributed by atoms with Crippen LogP contribution in [0.1, 0.15) is 15.3 Å². The van der Waals surface area contributed by atoms with Gasteiger partial charge in [0.25, 0.3) is 0 Å². The van der Waals surface area contributed by atoms with Crippen LogP contribution in [0.25, 0.3) is 0 Å². The third kappa shape index (κ3) is 3.74. The van der Waals surface area contributed by atoms with Gasteiger partial charge in [-0.05, 0) is 31.3 Å². The zero-order chi connectivity index (χ0) is 14.6. The summed E-state index contributed by atoms with van der Waals surface area (Å²) in [6, 6.07) is 9.06. The molecule has 2 rings (SSSR count). The average molecular weight is 301 g/mol. The van der Waals surface area contributed by atoms with Gasteiger partial charge in [-0.25, -0.2) is 0 Å². The topological polar surface area (TPSA) is 21.3 Å². The molecule has 0 aliphatic rings. The summed E-state index contributed by atoms with van der Waals surface area (Å²) < 4.78 is 43.7. The molecule has 0 saturated heterocycles. The lowest BCUT2D eigenvalue weighted by molar-refractivity contribution is -0.139. The summed E-state index contributed by atoms with van der Waals surface area (Å²) in [5, 5.41) is 3.02. The second-order valence-electron chi connectivity index (χ2n) is 4.18. The molecule has 1 N–H and O–H groups in total. The summed E-state index contributed by atoms with van der Waals surface area (Å²) in [4.78, 5) is 2.02. The van der Waals surface area contributed by atoms with E-state index in [0.717, 1.165) is 22.4 Å². The Labute approximate surface area is 119 Å². The zero-order valence-electron chi connectivity index (χ0n) is 10.8. The Morgan fingerprint density at radius 3 is 2.50 bits per heavy atom. The molecule has 0 spiro atoms. The molecule has 20 heavy (non-hydrogen) atoms. The van der Waals surface area contributed by atoms with Crippen LogP contribution in [0.15, 0.2) is 36.4 Å². The molecule has 0 unspecified atom stereocenters. The van der Waals surface area contributed by atoms with E-state index in [1.54, 1.807) is 0 Å². The molecule has 1 aromatic heterocycles. The highest BCUT2D eigenvalue weighted by molar-refractivity contribution is 7.11. The van der Waals surface area contributed by atoms with Crippen LogP contribution in [-0.2, 0) is 19.3 Å². The molecule has 1 aromatic carbocycles.